The molecule has 20 nitrogen and oxygen atoms in total. The average Bonchev–Trinajstić information content (AvgIpc) is 3.51. The highest BCUT2D eigenvalue weighted by atomic mass is 32.2. The molecule has 0 saturated carbocycles. The number of nitriles is 1. The van der Waals surface area contributed by atoms with E-state index in [4.69, 9.17) is 15.3 Å². The number of ether oxygens (including phenoxy) is 1. The van der Waals surface area contributed by atoms with Crippen LogP contribution in [0.15, 0.2) is 39.0 Å². The molecule has 2 aromatic heterocycles. The zero-order valence-corrected chi connectivity index (χ0v) is 28.7. The number of phenolic OH excluding ortho intramolecular Hbond substituents is 2. The minimum absolute atomic E-state index is 0.0263. The van der Waals surface area contributed by atoms with E-state index < -0.39 is 92.6 Å². The molecule has 1 aromatic carbocycles. The van der Waals surface area contributed by atoms with Crippen LogP contribution >= 0.6 is 23.1 Å². The van der Waals surface area contributed by atoms with Gasteiger partial charge in [-0.05, 0) is 20.3 Å². The van der Waals surface area contributed by atoms with Crippen LogP contribution in [0.4, 0.5) is 9.93 Å². The van der Waals surface area contributed by atoms with Crippen molar-refractivity contribution >= 4 is 74.7 Å². The third-order valence-corrected chi connectivity index (χ3v) is 9.87. The van der Waals surface area contributed by atoms with Crippen molar-refractivity contribution in [3.8, 4) is 17.6 Å². The number of carbonyl (C=O) groups excluding carboxylic acids is 3. The Morgan fingerprint density at radius 3 is 2.58 bits per heavy atom. The summed E-state index contributed by atoms with van der Waals surface area (Å²) in [5.41, 5.74) is 1.43. The predicted molar refractivity (Wildman–Crippen MR) is 181 cm³/mol. The van der Waals surface area contributed by atoms with Crippen molar-refractivity contribution in [1.29, 1.82) is 5.26 Å². The number of amides is 3. The number of carbonyl (C=O) groups is 5. The second-order valence-corrected chi connectivity index (χ2v) is 13.6. The first-order valence-corrected chi connectivity index (χ1v) is 16.8. The molecule has 3 aromatic rings. The van der Waals surface area contributed by atoms with Crippen LogP contribution in [-0.2, 0) is 24.0 Å². The molecule has 9 N–H and O–H groups in total. The maximum atomic E-state index is 13.5. The number of anilines is 1. The zero-order valence-electron chi connectivity index (χ0n) is 27.1. The van der Waals surface area contributed by atoms with Crippen LogP contribution in [0.25, 0.3) is 10.9 Å². The van der Waals surface area contributed by atoms with E-state index in [1.54, 1.807) is 13.0 Å². The molecule has 52 heavy (non-hydrogen) atoms. The number of pyridine rings is 1. The Morgan fingerprint density at radius 2 is 1.98 bits per heavy atom. The van der Waals surface area contributed by atoms with Gasteiger partial charge in [0.1, 0.15) is 34.3 Å². The van der Waals surface area contributed by atoms with Crippen LogP contribution in [0.1, 0.15) is 48.8 Å². The van der Waals surface area contributed by atoms with Crippen molar-refractivity contribution in [2.24, 2.45) is 5.16 Å². The summed E-state index contributed by atoms with van der Waals surface area (Å²) in [5.74, 6) is -6.09. The van der Waals surface area contributed by atoms with Gasteiger partial charge < -0.3 is 51.4 Å². The third kappa shape index (κ3) is 6.73. The maximum absolute atomic E-state index is 13.5. The molecule has 22 heteroatoms. The lowest BCUT2D eigenvalue weighted by Crippen LogP contribution is -2.71. The molecule has 5 rings (SSSR count). The van der Waals surface area contributed by atoms with Crippen molar-refractivity contribution in [3.63, 3.8) is 0 Å². The summed E-state index contributed by atoms with van der Waals surface area (Å²) < 4.78 is 5.03. The molecular weight excluding hydrogens is 729 g/mol. The van der Waals surface area contributed by atoms with E-state index in [9.17, 15) is 54.5 Å². The molecule has 0 bridgehead atoms. The lowest BCUT2D eigenvalue weighted by Gasteiger charge is -2.49. The summed E-state index contributed by atoms with van der Waals surface area (Å²) in [6.45, 7) is 4.02. The quantitative estimate of drug-likeness (QED) is 0.0444. The van der Waals surface area contributed by atoms with Crippen molar-refractivity contribution in [3.05, 3.63) is 56.1 Å². The summed E-state index contributed by atoms with van der Waals surface area (Å²) in [5, 5.41) is 57.4. The number of hydrogen-bond acceptors (Lipinski definition) is 16. The Bertz CT molecular complexity index is 2200. The van der Waals surface area contributed by atoms with Gasteiger partial charge in [-0.2, -0.15) is 5.26 Å². The Labute approximate surface area is 299 Å². The summed E-state index contributed by atoms with van der Waals surface area (Å²) in [4.78, 5) is 89.6. The van der Waals surface area contributed by atoms with E-state index >= 15 is 0 Å². The smallest absolute Gasteiger partial charge is 0.504 e. The number of aromatic nitrogens is 2. The number of β-lactam (4-membered cyclic amide) rings is 1. The number of rotatable bonds is 11. The summed E-state index contributed by atoms with van der Waals surface area (Å²) in [6, 6.07) is 0.386. The van der Waals surface area contributed by atoms with E-state index in [1.807, 2.05) is 0 Å². The van der Waals surface area contributed by atoms with Crippen LogP contribution in [0, 0.1) is 11.3 Å². The van der Waals surface area contributed by atoms with Crippen molar-refractivity contribution in [1.82, 2.24) is 25.5 Å². The Balaban J connectivity index is 1.41. The number of aromatic amines is 1. The van der Waals surface area contributed by atoms with E-state index in [-0.39, 0.29) is 39.5 Å². The van der Waals surface area contributed by atoms with Gasteiger partial charge in [-0.15, -0.1) is 23.1 Å². The number of thiazole rings is 1. The molecule has 1 saturated heterocycles. The van der Waals surface area contributed by atoms with Gasteiger partial charge in [0.05, 0.1) is 16.9 Å². The first kappa shape index (κ1) is 36.9. The maximum Gasteiger partial charge on any atom is 0.512 e. The summed E-state index contributed by atoms with van der Waals surface area (Å²) >= 11 is 2.05. The molecule has 0 spiro atoms. The first-order valence-electron chi connectivity index (χ1n) is 14.9. The number of oxime groups is 1. The Morgan fingerprint density at radius 1 is 1.27 bits per heavy atom. The van der Waals surface area contributed by atoms with Crippen molar-refractivity contribution < 1.29 is 54.0 Å². The highest BCUT2D eigenvalue weighted by Crippen LogP contribution is 2.42. The fourth-order valence-corrected chi connectivity index (χ4v) is 7.09. The van der Waals surface area contributed by atoms with Gasteiger partial charge in [0, 0.05) is 29.0 Å². The SMILES string of the molecule is CCC(NC(=O)c1c[nH]c2cc(O)c(O)c(C#N)c2c1=O)C1=C(OC(=O)O)N2C(=O)C(NC(=O)/C(=N\OC(C)(C)C(=O)O)c3csc(N)n3)[C@@H]2SC1. The molecule has 3 amide bonds. The van der Waals surface area contributed by atoms with Crippen LogP contribution in [0.3, 0.4) is 0 Å². The van der Waals surface area contributed by atoms with E-state index in [2.05, 4.69) is 25.8 Å². The fraction of sp³-hybridized carbons (Fsp3) is 0.300. The number of thioether (sulfide) groups is 1. The molecule has 272 valence electrons. The van der Waals surface area contributed by atoms with Crippen LogP contribution in [0.5, 0.6) is 11.5 Å². The van der Waals surface area contributed by atoms with Gasteiger partial charge in [-0.1, -0.05) is 12.1 Å². The zero-order chi connectivity index (χ0) is 38.2. The van der Waals surface area contributed by atoms with Crippen LogP contribution < -0.4 is 21.8 Å². The molecule has 0 aliphatic carbocycles. The highest BCUT2D eigenvalue weighted by Gasteiger charge is 2.55. The number of phenols is 2. The number of H-pyrrole nitrogens is 1. The standard InChI is InChI=1S/C30H28N8O12S2/c1-4-13(34-22(42)11-7-33-14-5-16(39)20(40)10(6-31)17(14)21(11)41)12-8-51-26-19(24(44)38(26)25(12)49-29(47)48)36-23(43)18(15-9-52-28(32)35-15)37-50-30(2,3)27(45)46/h5,7,9,13,19,26,39-40H,4,8H2,1-3H3,(H2,32,35)(H,33,41)(H,34,42)(H,36,43)(H,45,46)(H,47,48)/b37-18-/t13?,19?,26-/m0/s1. The topological polar surface area (TPSA) is 320 Å². The average molecular weight is 757 g/mol. The van der Waals surface area contributed by atoms with Gasteiger partial charge in [0.2, 0.25) is 16.9 Å². The van der Waals surface area contributed by atoms with E-state index in [1.165, 1.54) is 19.2 Å². The van der Waals surface area contributed by atoms with Gasteiger partial charge in [-0.25, -0.2) is 14.6 Å². The van der Waals surface area contributed by atoms with Crippen molar-refractivity contribution in [2.75, 3.05) is 11.5 Å². The summed E-state index contributed by atoms with van der Waals surface area (Å²) in [7, 11) is 0. The van der Waals surface area contributed by atoms with Crippen LogP contribution in [-0.4, -0.2) is 99.7 Å². The Hall–Kier alpha value is -6.34. The number of hydrogen-bond donors (Lipinski definition) is 8. The monoisotopic (exact) mass is 756 g/mol. The number of carboxylic acid groups (broad SMARTS) is 2. The number of aliphatic carboxylic acids is 1. The van der Waals surface area contributed by atoms with Gasteiger partial charge >= 0.3 is 12.1 Å². The van der Waals surface area contributed by atoms with Gasteiger partial charge in [0.25, 0.3) is 17.7 Å². The molecule has 3 atom stereocenters. The normalized spacial score (nSPS) is 17.8. The number of nitrogens with zero attached hydrogens (tertiary/aromatic N) is 4. The van der Waals surface area contributed by atoms with Gasteiger partial charge in [0.15, 0.2) is 22.3 Å². The molecule has 2 aliphatic heterocycles. The third-order valence-electron chi connectivity index (χ3n) is 7.89. The van der Waals surface area contributed by atoms with E-state index in [0.29, 0.717) is 0 Å². The minimum atomic E-state index is -1.85. The Kier molecular flexibility index (Phi) is 10.0. The lowest BCUT2D eigenvalue weighted by atomic mass is 10.0. The van der Waals surface area contributed by atoms with E-state index in [0.717, 1.165) is 40.3 Å². The predicted octanol–water partition coefficient (Wildman–Crippen LogP) is 0.948. The second kappa shape index (κ2) is 14.1. The minimum Gasteiger partial charge on any atom is -0.504 e. The first-order chi connectivity index (χ1) is 24.5. The number of fused-ring (bicyclic) bond motifs is 2. The molecule has 4 heterocycles. The number of nitrogens with one attached hydrogen (secondary N) is 3. The second-order valence-electron chi connectivity index (χ2n) is 11.6. The van der Waals surface area contributed by atoms with Crippen molar-refractivity contribution in [2.45, 2.75) is 50.3 Å². The number of benzene rings is 1. The lowest BCUT2D eigenvalue weighted by molar-refractivity contribution is -0.161. The number of aromatic hydroxyl groups is 2. The molecule has 2 unspecified atom stereocenters. The molecule has 2 aliphatic rings. The number of nitrogen functional groups attached to an aromatic ring is 1. The number of nitrogens with two attached hydrogens (primary N) is 1. The largest absolute Gasteiger partial charge is 0.512 e. The summed E-state index contributed by atoms with van der Waals surface area (Å²) in [6.07, 6.45) is -0.629. The van der Waals surface area contributed by atoms with Gasteiger partial charge in [-0.3, -0.25) is 24.1 Å². The van der Waals surface area contributed by atoms with Crippen LogP contribution in [0.2, 0.25) is 0 Å². The fourth-order valence-electron chi connectivity index (χ4n) is 5.14. The molecule has 0 radical (unpaired) electrons. The molecule has 1 fully saturated rings. The highest BCUT2D eigenvalue weighted by molar-refractivity contribution is 8.00. The molecular formula is C30H28N8O12S2. The number of carboxylic acids is 1.